The summed E-state index contributed by atoms with van der Waals surface area (Å²) in [6, 6.07) is 4.48. The van der Waals surface area contributed by atoms with E-state index in [1.807, 2.05) is 0 Å². The zero-order valence-electron chi connectivity index (χ0n) is 13.1. The minimum atomic E-state index is -4.31. The predicted octanol–water partition coefficient (Wildman–Crippen LogP) is 3.26. The average molecular weight is 344 g/mol. The molecule has 1 aromatic rings. The van der Waals surface area contributed by atoms with Gasteiger partial charge < -0.3 is 15.3 Å². The van der Waals surface area contributed by atoms with Crippen molar-refractivity contribution in [2.24, 2.45) is 5.92 Å². The number of halogens is 3. The largest absolute Gasteiger partial charge is 0.478 e. The highest BCUT2D eigenvalue weighted by atomic mass is 19.4. The Labute approximate surface area is 137 Å². The Morgan fingerprint density at radius 3 is 2.46 bits per heavy atom. The van der Waals surface area contributed by atoms with Gasteiger partial charge in [0.2, 0.25) is 0 Å². The van der Waals surface area contributed by atoms with Crippen LogP contribution in [0.15, 0.2) is 24.3 Å². The monoisotopic (exact) mass is 344 g/mol. The molecule has 24 heavy (non-hydrogen) atoms. The molecule has 0 radical (unpaired) electrons. The van der Waals surface area contributed by atoms with E-state index in [9.17, 15) is 22.8 Å². The molecule has 1 aromatic carbocycles. The van der Waals surface area contributed by atoms with Gasteiger partial charge in [-0.3, -0.25) is 0 Å². The molecule has 2 rings (SSSR count). The van der Waals surface area contributed by atoms with Crippen LogP contribution in [0.25, 0.3) is 0 Å². The lowest BCUT2D eigenvalue weighted by Gasteiger charge is -2.40. The lowest BCUT2D eigenvalue weighted by atomic mass is 9.90. The number of amides is 2. The van der Waals surface area contributed by atoms with Gasteiger partial charge in [-0.2, -0.15) is 13.2 Å². The fourth-order valence-corrected chi connectivity index (χ4v) is 2.91. The van der Waals surface area contributed by atoms with E-state index < -0.39 is 30.1 Å². The zero-order chi connectivity index (χ0) is 17.9. The molecule has 0 aromatic heterocycles. The van der Waals surface area contributed by atoms with Crippen LogP contribution in [0.5, 0.6) is 0 Å². The van der Waals surface area contributed by atoms with Crippen LogP contribution >= 0.6 is 0 Å². The molecule has 1 fully saturated rings. The summed E-state index contributed by atoms with van der Waals surface area (Å²) >= 11 is 0. The fraction of sp³-hybridized carbons (Fsp3) is 0.500. The van der Waals surface area contributed by atoms with Crippen molar-refractivity contribution < 1.29 is 27.9 Å². The summed E-state index contributed by atoms with van der Waals surface area (Å²) in [5.74, 6) is -2.56. The number of carbonyl (C=O) groups is 2. The van der Waals surface area contributed by atoms with Gasteiger partial charge in [0.05, 0.1) is 11.5 Å². The molecule has 132 valence electrons. The van der Waals surface area contributed by atoms with Crippen LogP contribution in [-0.2, 0) is 6.54 Å². The first-order chi connectivity index (χ1) is 11.2. The molecule has 2 atom stereocenters. The quantitative estimate of drug-likeness (QED) is 0.884. The molecule has 0 bridgehead atoms. The van der Waals surface area contributed by atoms with E-state index in [0.717, 1.165) is 0 Å². The topological polar surface area (TPSA) is 69.6 Å². The van der Waals surface area contributed by atoms with Crippen molar-refractivity contribution in [3.63, 3.8) is 0 Å². The molecule has 1 aliphatic heterocycles. The number of urea groups is 1. The van der Waals surface area contributed by atoms with Gasteiger partial charge in [-0.05, 0) is 37.5 Å². The first-order valence-corrected chi connectivity index (χ1v) is 7.63. The second kappa shape index (κ2) is 7.11. The van der Waals surface area contributed by atoms with Gasteiger partial charge in [-0.1, -0.05) is 12.1 Å². The highest BCUT2D eigenvalue weighted by Crippen LogP contribution is 2.37. The van der Waals surface area contributed by atoms with Crippen LogP contribution in [-0.4, -0.2) is 40.8 Å². The summed E-state index contributed by atoms with van der Waals surface area (Å²) in [4.78, 5) is 24.2. The number of nitrogens with one attached hydrogen (secondary N) is 1. The van der Waals surface area contributed by atoms with Crippen LogP contribution in [0.4, 0.5) is 18.0 Å². The van der Waals surface area contributed by atoms with E-state index in [2.05, 4.69) is 5.32 Å². The van der Waals surface area contributed by atoms with Crippen LogP contribution < -0.4 is 5.32 Å². The highest BCUT2D eigenvalue weighted by Gasteiger charge is 2.47. The molecule has 2 unspecified atom stereocenters. The molecule has 5 nitrogen and oxygen atoms in total. The SMILES string of the molecule is CC1C(C(F)(F)F)CCCN1C(=O)NCc1ccc(C(=O)O)cc1. The Hall–Kier alpha value is -2.25. The maximum atomic E-state index is 13.0. The van der Waals surface area contributed by atoms with Gasteiger partial charge in [-0.15, -0.1) is 0 Å². The van der Waals surface area contributed by atoms with E-state index in [1.165, 1.54) is 24.0 Å². The summed E-state index contributed by atoms with van der Waals surface area (Å²) in [6.07, 6.45) is -3.97. The number of alkyl halides is 3. The highest BCUT2D eigenvalue weighted by molar-refractivity contribution is 5.87. The Kier molecular flexibility index (Phi) is 5.36. The van der Waals surface area contributed by atoms with E-state index in [0.29, 0.717) is 12.0 Å². The summed E-state index contributed by atoms with van der Waals surface area (Å²) in [5.41, 5.74) is 0.799. The third-order valence-corrected chi connectivity index (χ3v) is 4.31. The second-order valence-electron chi connectivity index (χ2n) is 5.89. The maximum Gasteiger partial charge on any atom is 0.393 e. The van der Waals surface area contributed by atoms with Crippen LogP contribution in [0.2, 0.25) is 0 Å². The smallest absolute Gasteiger partial charge is 0.393 e. The van der Waals surface area contributed by atoms with Crippen molar-refractivity contribution in [3.8, 4) is 0 Å². The maximum absolute atomic E-state index is 13.0. The van der Waals surface area contributed by atoms with Crippen LogP contribution in [0.1, 0.15) is 35.7 Å². The van der Waals surface area contributed by atoms with Gasteiger partial charge in [-0.25, -0.2) is 9.59 Å². The van der Waals surface area contributed by atoms with Crippen molar-refractivity contribution in [1.29, 1.82) is 0 Å². The van der Waals surface area contributed by atoms with Crippen molar-refractivity contribution in [2.45, 2.75) is 38.5 Å². The van der Waals surface area contributed by atoms with E-state index >= 15 is 0 Å². The van der Waals surface area contributed by atoms with E-state index in [1.54, 1.807) is 12.1 Å². The Balaban J connectivity index is 1.95. The predicted molar refractivity (Wildman–Crippen MR) is 80.6 cm³/mol. The van der Waals surface area contributed by atoms with Crippen molar-refractivity contribution in [2.75, 3.05) is 6.54 Å². The third-order valence-electron chi connectivity index (χ3n) is 4.31. The van der Waals surface area contributed by atoms with Gasteiger partial charge in [0.25, 0.3) is 0 Å². The molecule has 0 aliphatic carbocycles. The van der Waals surface area contributed by atoms with Gasteiger partial charge in [0.15, 0.2) is 0 Å². The number of piperidine rings is 1. The van der Waals surface area contributed by atoms with Gasteiger partial charge in [0, 0.05) is 19.1 Å². The fourth-order valence-electron chi connectivity index (χ4n) is 2.91. The number of hydrogen-bond donors (Lipinski definition) is 2. The third kappa shape index (κ3) is 4.18. The second-order valence-corrected chi connectivity index (χ2v) is 5.89. The molecular formula is C16H19F3N2O3. The molecular weight excluding hydrogens is 325 g/mol. The molecule has 1 aliphatic rings. The standard InChI is InChI=1S/C16H19F3N2O3/c1-10-13(16(17,18)19)3-2-8-21(10)15(24)20-9-11-4-6-12(7-5-11)14(22)23/h4-7,10,13H,2-3,8-9H2,1H3,(H,20,24)(H,22,23). The number of rotatable bonds is 3. The van der Waals surface area contributed by atoms with Gasteiger partial charge >= 0.3 is 18.2 Å². The molecule has 8 heteroatoms. The molecule has 1 saturated heterocycles. The number of carboxylic acids is 1. The average Bonchev–Trinajstić information content (AvgIpc) is 2.52. The molecule has 2 N–H and O–H groups in total. The summed E-state index contributed by atoms with van der Waals surface area (Å²) < 4.78 is 38.9. The van der Waals surface area contributed by atoms with Crippen molar-refractivity contribution >= 4 is 12.0 Å². The first-order valence-electron chi connectivity index (χ1n) is 7.63. The minimum Gasteiger partial charge on any atom is -0.478 e. The van der Waals surface area contributed by atoms with Gasteiger partial charge in [0.1, 0.15) is 0 Å². The molecule has 0 spiro atoms. The summed E-state index contributed by atoms with van der Waals surface area (Å²) in [5, 5.41) is 11.4. The Bertz CT molecular complexity index is 602. The van der Waals surface area contributed by atoms with E-state index in [4.69, 9.17) is 5.11 Å². The Morgan fingerprint density at radius 1 is 1.29 bits per heavy atom. The summed E-state index contributed by atoms with van der Waals surface area (Å²) in [6.45, 7) is 1.83. The van der Waals surface area contributed by atoms with Crippen molar-refractivity contribution in [3.05, 3.63) is 35.4 Å². The normalized spacial score (nSPS) is 21.4. The number of benzene rings is 1. The minimum absolute atomic E-state index is 0.0328. The van der Waals surface area contributed by atoms with Crippen LogP contribution in [0, 0.1) is 5.92 Å². The van der Waals surface area contributed by atoms with E-state index in [-0.39, 0.29) is 25.1 Å². The summed E-state index contributed by atoms with van der Waals surface area (Å²) in [7, 11) is 0. The van der Waals surface area contributed by atoms with Crippen LogP contribution in [0.3, 0.4) is 0 Å². The number of carboxylic acid groups (broad SMARTS) is 1. The zero-order valence-corrected chi connectivity index (χ0v) is 13.1. The lowest BCUT2D eigenvalue weighted by Crippen LogP contribution is -2.53. The number of nitrogens with zero attached hydrogens (tertiary/aromatic N) is 1. The first kappa shape index (κ1) is 18.1. The number of hydrogen-bond acceptors (Lipinski definition) is 2. The molecule has 1 heterocycles. The number of likely N-dealkylation sites (tertiary alicyclic amines) is 1. The number of aromatic carboxylic acids is 1. The molecule has 0 saturated carbocycles. The number of carbonyl (C=O) groups excluding carboxylic acids is 1. The molecule has 2 amide bonds. The van der Waals surface area contributed by atoms with Crippen molar-refractivity contribution in [1.82, 2.24) is 10.2 Å². The lowest BCUT2D eigenvalue weighted by molar-refractivity contribution is -0.195. The Morgan fingerprint density at radius 2 is 1.92 bits per heavy atom.